The van der Waals surface area contributed by atoms with Crippen LogP contribution in [0.15, 0.2) is 48.5 Å². The minimum atomic E-state index is 0.128. The zero-order valence-electron chi connectivity index (χ0n) is 19.7. The topological polar surface area (TPSA) is 36.1 Å². The number of hydrogen-bond acceptors (Lipinski definition) is 2. The molecule has 3 heteroatoms. The third-order valence-corrected chi connectivity index (χ3v) is 6.86. The number of aromatic amines is 1. The largest absolute Gasteiger partial charge is 0.352 e. The van der Waals surface area contributed by atoms with Crippen molar-refractivity contribution < 1.29 is 4.79 Å². The van der Waals surface area contributed by atoms with Gasteiger partial charge in [-0.3, -0.25) is 4.79 Å². The van der Waals surface area contributed by atoms with Crippen molar-refractivity contribution in [3.63, 3.8) is 0 Å². The molecule has 1 aromatic heterocycles. The highest BCUT2D eigenvalue weighted by Crippen LogP contribution is 2.31. The normalized spacial score (nSPS) is 16.3. The Balaban J connectivity index is 1.46. The van der Waals surface area contributed by atoms with Crippen LogP contribution >= 0.6 is 0 Å². The number of carbonyl (C=O) groups excluding carboxylic acids is 1. The molecule has 1 aliphatic heterocycles. The monoisotopic (exact) mass is 416 g/mol. The van der Waals surface area contributed by atoms with Crippen LogP contribution in [0.2, 0.25) is 0 Å². The van der Waals surface area contributed by atoms with Crippen LogP contribution in [0, 0.1) is 0 Å². The average Bonchev–Trinajstić information content (AvgIpc) is 3.17. The predicted molar refractivity (Wildman–Crippen MR) is 130 cm³/mol. The molecule has 1 saturated heterocycles. The van der Waals surface area contributed by atoms with Gasteiger partial charge in [-0.25, -0.2) is 0 Å². The molecule has 3 nitrogen and oxygen atoms in total. The first-order valence-electron chi connectivity index (χ1n) is 11.7. The molecule has 1 N–H and O–H groups in total. The summed E-state index contributed by atoms with van der Waals surface area (Å²) in [7, 11) is 0. The summed E-state index contributed by atoms with van der Waals surface area (Å²) >= 11 is 0. The number of hydrogen-bond donors (Lipinski definition) is 1. The summed E-state index contributed by atoms with van der Waals surface area (Å²) < 4.78 is 0. The molecule has 1 fully saturated rings. The van der Waals surface area contributed by atoms with Gasteiger partial charge in [0, 0.05) is 23.4 Å². The van der Waals surface area contributed by atoms with Gasteiger partial charge in [0.1, 0.15) is 0 Å². The molecule has 0 spiro atoms. The Morgan fingerprint density at radius 3 is 2.32 bits per heavy atom. The second kappa shape index (κ2) is 8.63. The zero-order chi connectivity index (χ0) is 22.2. The fourth-order valence-corrected chi connectivity index (χ4v) is 4.71. The van der Waals surface area contributed by atoms with Crippen molar-refractivity contribution in [2.45, 2.75) is 71.3 Å². The van der Waals surface area contributed by atoms with E-state index in [0.717, 1.165) is 16.5 Å². The van der Waals surface area contributed by atoms with Gasteiger partial charge in [-0.15, -0.1) is 0 Å². The number of Topliss-reactive ketones (excluding diaryl/α,β-unsaturated/α-hetero) is 1. The Labute approximate surface area is 186 Å². The lowest BCUT2D eigenvalue weighted by molar-refractivity contribution is 0.0989. The number of fused-ring (bicyclic) bond motifs is 1. The molecular weight excluding hydrogens is 380 g/mol. The van der Waals surface area contributed by atoms with Gasteiger partial charge in [0.15, 0.2) is 5.78 Å². The average molecular weight is 417 g/mol. The Bertz CT molecular complexity index is 1040. The van der Waals surface area contributed by atoms with E-state index in [1.165, 1.54) is 37.1 Å². The highest BCUT2D eigenvalue weighted by Gasteiger charge is 2.22. The molecule has 0 atom stereocenters. The summed E-state index contributed by atoms with van der Waals surface area (Å²) in [4.78, 5) is 18.8. The Morgan fingerprint density at radius 1 is 1.03 bits per heavy atom. The van der Waals surface area contributed by atoms with Gasteiger partial charge in [-0.05, 0) is 86.0 Å². The van der Waals surface area contributed by atoms with Gasteiger partial charge < -0.3 is 9.88 Å². The number of ketones is 1. The van der Waals surface area contributed by atoms with Crippen molar-refractivity contribution in [2.24, 2.45) is 0 Å². The molecule has 1 aliphatic rings. The minimum Gasteiger partial charge on any atom is -0.352 e. The molecule has 0 radical (unpaired) electrons. The molecule has 0 amide bonds. The maximum Gasteiger partial charge on any atom is 0.183 e. The number of nitrogens with one attached hydrogen (secondary N) is 1. The lowest BCUT2D eigenvalue weighted by atomic mass is 9.86. The van der Waals surface area contributed by atoms with Gasteiger partial charge in [-0.2, -0.15) is 0 Å². The number of piperidine rings is 1. The summed E-state index contributed by atoms with van der Waals surface area (Å²) in [5.41, 5.74) is 5.65. The van der Waals surface area contributed by atoms with Gasteiger partial charge >= 0.3 is 0 Å². The number of H-pyrrole nitrogens is 1. The fraction of sp³-hybridized carbons (Fsp3) is 0.464. The lowest BCUT2D eigenvalue weighted by Crippen LogP contribution is -2.37. The lowest BCUT2D eigenvalue weighted by Gasteiger charge is -2.34. The summed E-state index contributed by atoms with van der Waals surface area (Å²) in [6.07, 6.45) is 2.85. The smallest absolute Gasteiger partial charge is 0.183 e. The number of aromatic nitrogens is 1. The predicted octanol–water partition coefficient (Wildman–Crippen LogP) is 6.48. The first-order chi connectivity index (χ1) is 14.7. The number of carbonyl (C=O) groups is 1. The van der Waals surface area contributed by atoms with E-state index in [9.17, 15) is 4.79 Å². The van der Waals surface area contributed by atoms with E-state index >= 15 is 0 Å². The Kier molecular flexibility index (Phi) is 6.07. The van der Waals surface area contributed by atoms with Gasteiger partial charge in [0.2, 0.25) is 0 Å². The number of nitrogens with zero attached hydrogens (tertiary/aromatic N) is 1. The molecule has 0 aliphatic carbocycles. The van der Waals surface area contributed by atoms with Crippen molar-refractivity contribution in [2.75, 3.05) is 13.1 Å². The van der Waals surface area contributed by atoms with Crippen molar-refractivity contribution >= 4 is 16.7 Å². The quantitative estimate of drug-likeness (QED) is 0.483. The second-order valence-corrected chi connectivity index (χ2v) is 10.5. The molecule has 4 rings (SSSR count). The van der Waals surface area contributed by atoms with E-state index in [0.29, 0.717) is 24.1 Å². The maximum atomic E-state index is 12.9. The molecule has 0 saturated carbocycles. The van der Waals surface area contributed by atoms with E-state index in [4.69, 9.17) is 0 Å². The van der Waals surface area contributed by atoms with Gasteiger partial charge in [-0.1, -0.05) is 51.1 Å². The molecule has 2 heterocycles. The molecular formula is C28H36N2O. The third-order valence-electron chi connectivity index (χ3n) is 6.86. The highest BCUT2D eigenvalue weighted by molar-refractivity contribution is 6.00. The van der Waals surface area contributed by atoms with E-state index < -0.39 is 0 Å². The van der Waals surface area contributed by atoms with Crippen molar-refractivity contribution in [1.29, 1.82) is 0 Å². The number of benzene rings is 2. The first-order valence-corrected chi connectivity index (χ1v) is 11.7. The molecule has 31 heavy (non-hydrogen) atoms. The molecule has 0 bridgehead atoms. The Hall–Kier alpha value is -2.39. The Morgan fingerprint density at radius 2 is 1.71 bits per heavy atom. The van der Waals surface area contributed by atoms with Crippen LogP contribution in [0.4, 0.5) is 0 Å². The molecule has 0 unspecified atom stereocenters. The summed E-state index contributed by atoms with van der Waals surface area (Å²) in [6.45, 7) is 13.5. The van der Waals surface area contributed by atoms with Crippen LogP contribution in [-0.4, -0.2) is 34.8 Å². The van der Waals surface area contributed by atoms with Crippen molar-refractivity contribution in [3.05, 3.63) is 70.9 Å². The van der Waals surface area contributed by atoms with Crippen LogP contribution in [0.3, 0.4) is 0 Å². The van der Waals surface area contributed by atoms with Crippen LogP contribution < -0.4 is 0 Å². The highest BCUT2D eigenvalue weighted by atomic mass is 16.1. The summed E-state index contributed by atoms with van der Waals surface area (Å²) in [5, 5.41) is 1.15. The number of rotatable bonds is 5. The summed E-state index contributed by atoms with van der Waals surface area (Å²) in [6, 6.07) is 17.8. The van der Waals surface area contributed by atoms with Crippen LogP contribution in [0.5, 0.6) is 0 Å². The molecule has 3 aromatic rings. The van der Waals surface area contributed by atoms with Gasteiger partial charge in [0.25, 0.3) is 0 Å². The molecule has 164 valence electrons. The van der Waals surface area contributed by atoms with E-state index in [-0.39, 0.29) is 11.2 Å². The standard InChI is InChI=1S/C28H36N2O/c1-19(2)30-14-12-21(13-15-30)22-8-11-25-23(17-22)18-26(29-25)27(31)16-20-6-9-24(10-7-20)28(3,4)5/h6-11,17-19,21,29H,12-16H2,1-5H3. The van der Waals surface area contributed by atoms with Crippen molar-refractivity contribution in [1.82, 2.24) is 9.88 Å². The first kappa shape index (κ1) is 21.8. The molecule has 2 aromatic carbocycles. The van der Waals surface area contributed by atoms with Crippen LogP contribution in [0.1, 0.15) is 80.6 Å². The SMILES string of the molecule is CC(C)N1CCC(c2ccc3[nH]c(C(=O)Cc4ccc(C(C)(C)C)cc4)cc3c2)CC1. The van der Waals surface area contributed by atoms with Gasteiger partial charge in [0.05, 0.1) is 5.69 Å². The zero-order valence-corrected chi connectivity index (χ0v) is 19.7. The van der Waals surface area contributed by atoms with E-state index in [2.05, 4.69) is 87.0 Å². The third kappa shape index (κ3) is 4.93. The van der Waals surface area contributed by atoms with Crippen LogP contribution in [0.25, 0.3) is 10.9 Å². The second-order valence-electron chi connectivity index (χ2n) is 10.5. The maximum absolute atomic E-state index is 12.9. The number of likely N-dealkylation sites (tertiary alicyclic amines) is 1. The minimum absolute atomic E-state index is 0.128. The van der Waals surface area contributed by atoms with Crippen molar-refractivity contribution in [3.8, 4) is 0 Å². The van der Waals surface area contributed by atoms with E-state index in [1.54, 1.807) is 0 Å². The summed E-state index contributed by atoms with van der Waals surface area (Å²) in [5.74, 6) is 0.765. The van der Waals surface area contributed by atoms with E-state index in [1.807, 2.05) is 6.07 Å². The van der Waals surface area contributed by atoms with Crippen LogP contribution in [-0.2, 0) is 11.8 Å². The fourth-order valence-electron chi connectivity index (χ4n) is 4.71.